The summed E-state index contributed by atoms with van der Waals surface area (Å²) in [5, 5.41) is 11.0. The number of methoxy groups -OCH3 is 1. The van der Waals surface area contributed by atoms with E-state index in [-0.39, 0.29) is 11.8 Å². The summed E-state index contributed by atoms with van der Waals surface area (Å²) in [6.45, 7) is 2.58. The average Bonchev–Trinajstić information content (AvgIpc) is 2.87. The molecule has 1 aliphatic rings. The molecule has 1 saturated heterocycles. The van der Waals surface area contributed by atoms with Gasteiger partial charge in [0.15, 0.2) is 0 Å². The number of nitrogens with zero attached hydrogens (tertiary/aromatic N) is 4. The zero-order chi connectivity index (χ0) is 23.8. The molecule has 7 heteroatoms. The van der Waals surface area contributed by atoms with Gasteiger partial charge in [-0.05, 0) is 93.8 Å². The van der Waals surface area contributed by atoms with Crippen LogP contribution in [-0.4, -0.2) is 57.7 Å². The van der Waals surface area contributed by atoms with Crippen LogP contribution in [0.4, 0.5) is 0 Å². The van der Waals surface area contributed by atoms with Gasteiger partial charge in [0.2, 0.25) is 0 Å². The maximum Gasteiger partial charge on any atom is 0.308 e. The number of likely N-dealkylation sites (tertiary alicyclic amines) is 1. The fourth-order valence-electron chi connectivity index (χ4n) is 5.08. The van der Waals surface area contributed by atoms with Crippen LogP contribution in [0.5, 0.6) is 5.75 Å². The summed E-state index contributed by atoms with van der Waals surface area (Å²) >= 11 is 0. The number of fused-ring (bicyclic) bond motifs is 1. The molecule has 3 heterocycles. The molecule has 1 fully saturated rings. The second-order valence-corrected chi connectivity index (χ2v) is 9.19. The lowest BCUT2D eigenvalue weighted by molar-refractivity contribution is -0.146. The number of rotatable bonds is 11. The lowest BCUT2D eigenvalue weighted by Gasteiger charge is -2.36. The van der Waals surface area contributed by atoms with Crippen LogP contribution in [0, 0.1) is 11.8 Å². The molecule has 0 bridgehead atoms. The monoisotopic (exact) mass is 462 g/mol. The third kappa shape index (κ3) is 6.29. The Balaban J connectivity index is 1.26. The van der Waals surface area contributed by atoms with Crippen LogP contribution in [0.15, 0.2) is 49.1 Å². The van der Waals surface area contributed by atoms with E-state index in [9.17, 15) is 9.90 Å². The van der Waals surface area contributed by atoms with Crippen molar-refractivity contribution in [3.05, 3.63) is 60.3 Å². The number of aliphatic carboxylic acids is 1. The average molecular weight is 463 g/mol. The molecule has 0 spiro atoms. The predicted octanol–water partition coefficient (Wildman–Crippen LogP) is 4.40. The molecular formula is C27H34N4O3. The number of aromatic nitrogens is 3. The molecule has 3 aromatic rings. The molecule has 0 amide bonds. The molecule has 0 aliphatic carbocycles. The Kier molecular flexibility index (Phi) is 8.41. The highest BCUT2D eigenvalue weighted by atomic mass is 16.5. The van der Waals surface area contributed by atoms with Crippen LogP contribution in [0.2, 0.25) is 0 Å². The number of hydrogen-bond acceptors (Lipinski definition) is 6. The number of piperidine rings is 1. The van der Waals surface area contributed by atoms with E-state index in [0.717, 1.165) is 80.4 Å². The highest BCUT2D eigenvalue weighted by Gasteiger charge is 2.33. The summed E-state index contributed by atoms with van der Waals surface area (Å²) in [5.41, 5.74) is 3.23. The van der Waals surface area contributed by atoms with Crippen molar-refractivity contribution in [3.63, 3.8) is 0 Å². The standard InChI is InChI=1S/C27H34N4O3/c1-34-23-8-9-26-24(17-23)20(10-12-30-26)5-4-6-21-11-16-31(19-25(21)27(32)33)15-3-2-7-22-18-28-13-14-29-22/h8-10,12-14,17-18,21,25H,2-7,11,15-16,19H2,1H3,(H,32,33)/t21-,25+/m1/s1. The number of carboxylic acids is 1. The summed E-state index contributed by atoms with van der Waals surface area (Å²) in [7, 11) is 1.67. The third-order valence-corrected chi connectivity index (χ3v) is 6.99. The van der Waals surface area contributed by atoms with Crippen LogP contribution in [0.3, 0.4) is 0 Å². The highest BCUT2D eigenvalue weighted by Crippen LogP contribution is 2.30. The Morgan fingerprint density at radius 2 is 2.03 bits per heavy atom. The lowest BCUT2D eigenvalue weighted by Crippen LogP contribution is -2.44. The summed E-state index contributed by atoms with van der Waals surface area (Å²) in [4.78, 5) is 27.3. The van der Waals surface area contributed by atoms with Crippen molar-refractivity contribution < 1.29 is 14.6 Å². The first-order valence-electron chi connectivity index (χ1n) is 12.3. The maximum absolute atomic E-state index is 12.0. The molecule has 2 atom stereocenters. The molecule has 1 aliphatic heterocycles. The number of benzene rings is 1. The Morgan fingerprint density at radius 1 is 1.12 bits per heavy atom. The van der Waals surface area contributed by atoms with Crippen molar-refractivity contribution in [3.8, 4) is 5.75 Å². The zero-order valence-corrected chi connectivity index (χ0v) is 19.9. The molecule has 1 N–H and O–H groups in total. The Bertz CT molecular complexity index is 1080. The summed E-state index contributed by atoms with van der Waals surface area (Å²) in [6, 6.07) is 8.03. The molecule has 1 aromatic carbocycles. The molecular weight excluding hydrogens is 428 g/mol. The number of ether oxygens (including phenoxy) is 1. The van der Waals surface area contributed by atoms with E-state index in [1.807, 2.05) is 30.6 Å². The Labute approximate surface area is 201 Å². The van der Waals surface area contributed by atoms with E-state index >= 15 is 0 Å². The van der Waals surface area contributed by atoms with Crippen molar-refractivity contribution in [2.45, 2.75) is 44.9 Å². The molecule has 34 heavy (non-hydrogen) atoms. The number of unbranched alkanes of at least 4 members (excludes halogenated alkanes) is 1. The minimum absolute atomic E-state index is 0.232. The second-order valence-electron chi connectivity index (χ2n) is 9.19. The summed E-state index contributed by atoms with van der Waals surface area (Å²) in [5.74, 6) is 0.115. The number of hydrogen-bond donors (Lipinski definition) is 1. The topological polar surface area (TPSA) is 88.4 Å². The first-order valence-corrected chi connectivity index (χ1v) is 12.3. The van der Waals surface area contributed by atoms with E-state index in [0.29, 0.717) is 6.54 Å². The highest BCUT2D eigenvalue weighted by molar-refractivity contribution is 5.83. The van der Waals surface area contributed by atoms with Crippen molar-refractivity contribution >= 4 is 16.9 Å². The number of carboxylic acid groups (broad SMARTS) is 1. The normalized spacial score (nSPS) is 18.7. The molecule has 4 rings (SSSR count). The third-order valence-electron chi connectivity index (χ3n) is 6.99. The molecule has 7 nitrogen and oxygen atoms in total. The predicted molar refractivity (Wildman–Crippen MR) is 132 cm³/mol. The van der Waals surface area contributed by atoms with Gasteiger partial charge in [-0.2, -0.15) is 0 Å². The van der Waals surface area contributed by atoms with Gasteiger partial charge in [-0.3, -0.25) is 19.7 Å². The molecule has 2 aromatic heterocycles. The lowest BCUT2D eigenvalue weighted by atomic mass is 9.81. The molecule has 0 unspecified atom stereocenters. The number of aryl methyl sites for hydroxylation is 2. The van der Waals surface area contributed by atoms with Gasteiger partial charge in [0.25, 0.3) is 0 Å². The summed E-state index contributed by atoms with van der Waals surface area (Å²) in [6.07, 6.45) is 13.9. The minimum Gasteiger partial charge on any atom is -0.497 e. The van der Waals surface area contributed by atoms with Gasteiger partial charge in [-0.15, -0.1) is 0 Å². The SMILES string of the molecule is COc1ccc2nccc(CCC[C@@H]3CCN(CCCCc4cnccn4)C[C@@H]3C(=O)O)c2c1. The van der Waals surface area contributed by atoms with Crippen molar-refractivity contribution in [2.24, 2.45) is 11.8 Å². The van der Waals surface area contributed by atoms with Gasteiger partial charge in [-0.25, -0.2) is 0 Å². The van der Waals surface area contributed by atoms with Crippen LogP contribution in [0.25, 0.3) is 10.9 Å². The Hall–Kier alpha value is -3.06. The van der Waals surface area contributed by atoms with E-state index in [1.54, 1.807) is 19.5 Å². The number of carbonyl (C=O) groups is 1. The zero-order valence-electron chi connectivity index (χ0n) is 19.9. The van der Waals surface area contributed by atoms with Gasteiger partial charge in [0, 0.05) is 36.7 Å². The molecule has 180 valence electrons. The van der Waals surface area contributed by atoms with Crippen LogP contribution >= 0.6 is 0 Å². The minimum atomic E-state index is -0.659. The smallest absolute Gasteiger partial charge is 0.308 e. The fraction of sp³-hybridized carbons (Fsp3) is 0.481. The van der Waals surface area contributed by atoms with E-state index in [1.165, 1.54) is 5.56 Å². The molecule has 0 radical (unpaired) electrons. The van der Waals surface area contributed by atoms with Gasteiger partial charge >= 0.3 is 5.97 Å². The van der Waals surface area contributed by atoms with E-state index in [4.69, 9.17) is 4.74 Å². The first-order chi connectivity index (χ1) is 16.6. The first kappa shape index (κ1) is 24.1. The van der Waals surface area contributed by atoms with Gasteiger partial charge in [0.05, 0.1) is 24.2 Å². The summed E-state index contributed by atoms with van der Waals surface area (Å²) < 4.78 is 5.38. The number of pyridine rings is 1. The molecule has 0 saturated carbocycles. The van der Waals surface area contributed by atoms with Crippen molar-refractivity contribution in [2.75, 3.05) is 26.7 Å². The quantitative estimate of drug-likeness (QED) is 0.423. The fourth-order valence-corrected chi connectivity index (χ4v) is 5.08. The van der Waals surface area contributed by atoms with E-state index < -0.39 is 5.97 Å². The van der Waals surface area contributed by atoms with E-state index in [2.05, 4.69) is 25.9 Å². The van der Waals surface area contributed by atoms with Crippen LogP contribution < -0.4 is 4.74 Å². The van der Waals surface area contributed by atoms with Gasteiger partial charge in [0.1, 0.15) is 5.75 Å². The van der Waals surface area contributed by atoms with Crippen molar-refractivity contribution in [1.29, 1.82) is 0 Å². The van der Waals surface area contributed by atoms with Crippen LogP contribution in [0.1, 0.15) is 43.4 Å². The maximum atomic E-state index is 12.0. The second kappa shape index (κ2) is 11.9. The largest absolute Gasteiger partial charge is 0.497 e. The van der Waals surface area contributed by atoms with Crippen molar-refractivity contribution in [1.82, 2.24) is 19.9 Å². The Morgan fingerprint density at radius 3 is 2.82 bits per heavy atom. The van der Waals surface area contributed by atoms with Crippen LogP contribution in [-0.2, 0) is 17.6 Å². The van der Waals surface area contributed by atoms with Gasteiger partial charge < -0.3 is 14.7 Å². The van der Waals surface area contributed by atoms with Gasteiger partial charge in [-0.1, -0.05) is 0 Å².